The predicted molar refractivity (Wildman–Crippen MR) is 62.6 cm³/mol. The topological polar surface area (TPSA) is 78.6 Å². The van der Waals surface area contributed by atoms with Crippen LogP contribution in [0.2, 0.25) is 5.28 Å². The summed E-state index contributed by atoms with van der Waals surface area (Å²) in [5.41, 5.74) is 0. The maximum Gasteiger partial charge on any atom is 0.322 e. The average molecular weight is 267 g/mol. The Morgan fingerprint density at radius 2 is 2.22 bits per heavy atom. The standard InChI is InChI=1S/C10H11ClN6O/c11-8-14-9(17-6-12-5-13-17)16-10(15-8)18-4-3-7-1-2-7/h5-7H,1-4H2. The number of hydrogen-bond acceptors (Lipinski definition) is 6. The van der Waals surface area contributed by atoms with E-state index in [9.17, 15) is 0 Å². The van der Waals surface area contributed by atoms with E-state index in [1.54, 1.807) is 0 Å². The maximum absolute atomic E-state index is 5.82. The van der Waals surface area contributed by atoms with Gasteiger partial charge >= 0.3 is 6.01 Å². The van der Waals surface area contributed by atoms with Gasteiger partial charge in [0, 0.05) is 0 Å². The monoisotopic (exact) mass is 266 g/mol. The summed E-state index contributed by atoms with van der Waals surface area (Å²) in [7, 11) is 0. The molecular formula is C10H11ClN6O. The van der Waals surface area contributed by atoms with Crippen LogP contribution in [-0.2, 0) is 0 Å². The average Bonchev–Trinajstić information content (AvgIpc) is 3.01. The fraction of sp³-hybridized carbons (Fsp3) is 0.500. The third-order valence-electron chi connectivity index (χ3n) is 2.65. The van der Waals surface area contributed by atoms with Gasteiger partial charge in [-0.3, -0.25) is 0 Å². The van der Waals surface area contributed by atoms with Gasteiger partial charge < -0.3 is 4.74 Å². The summed E-state index contributed by atoms with van der Waals surface area (Å²) in [6.45, 7) is 0.599. The maximum atomic E-state index is 5.82. The summed E-state index contributed by atoms with van der Waals surface area (Å²) in [4.78, 5) is 15.8. The largest absolute Gasteiger partial charge is 0.463 e. The molecule has 0 spiro atoms. The first-order chi connectivity index (χ1) is 8.81. The molecule has 3 rings (SSSR count). The van der Waals surface area contributed by atoms with Gasteiger partial charge in [0.25, 0.3) is 5.95 Å². The Hall–Kier alpha value is -1.76. The lowest BCUT2D eigenvalue weighted by Gasteiger charge is -2.05. The molecule has 0 bridgehead atoms. The van der Waals surface area contributed by atoms with E-state index in [2.05, 4.69) is 25.0 Å². The lowest BCUT2D eigenvalue weighted by Crippen LogP contribution is -2.08. The summed E-state index contributed by atoms with van der Waals surface area (Å²) in [6, 6.07) is 0.223. The molecule has 0 unspecified atom stereocenters. The highest BCUT2D eigenvalue weighted by Gasteiger charge is 2.21. The van der Waals surface area contributed by atoms with Gasteiger partial charge in [0.15, 0.2) is 0 Å². The van der Waals surface area contributed by atoms with Crippen molar-refractivity contribution in [2.45, 2.75) is 19.3 Å². The molecule has 0 radical (unpaired) electrons. The van der Waals surface area contributed by atoms with Crippen LogP contribution >= 0.6 is 11.6 Å². The van der Waals surface area contributed by atoms with Crippen molar-refractivity contribution in [3.05, 3.63) is 17.9 Å². The Kier molecular flexibility index (Phi) is 3.06. The summed E-state index contributed by atoms with van der Waals surface area (Å²) in [6.07, 6.45) is 6.50. The number of ether oxygens (including phenoxy) is 1. The van der Waals surface area contributed by atoms with Crippen molar-refractivity contribution in [3.63, 3.8) is 0 Å². The van der Waals surface area contributed by atoms with Crippen LogP contribution in [0.1, 0.15) is 19.3 Å². The molecule has 7 nitrogen and oxygen atoms in total. The Morgan fingerprint density at radius 3 is 2.94 bits per heavy atom. The quantitative estimate of drug-likeness (QED) is 0.811. The number of rotatable bonds is 5. The Bertz CT molecular complexity index is 527. The van der Waals surface area contributed by atoms with Crippen molar-refractivity contribution in [2.24, 2.45) is 5.92 Å². The fourth-order valence-electron chi connectivity index (χ4n) is 1.52. The van der Waals surface area contributed by atoms with E-state index in [0.29, 0.717) is 12.6 Å². The van der Waals surface area contributed by atoms with Gasteiger partial charge in [-0.25, -0.2) is 4.98 Å². The summed E-state index contributed by atoms with van der Waals surface area (Å²) in [5, 5.41) is 4.01. The molecule has 0 aliphatic heterocycles. The van der Waals surface area contributed by atoms with Gasteiger partial charge in [-0.15, -0.1) is 0 Å². The fourth-order valence-corrected chi connectivity index (χ4v) is 1.67. The number of aromatic nitrogens is 6. The van der Waals surface area contributed by atoms with Crippen LogP contribution in [0.15, 0.2) is 12.7 Å². The number of halogens is 1. The van der Waals surface area contributed by atoms with Gasteiger partial charge in [0.05, 0.1) is 6.61 Å². The molecule has 2 aromatic heterocycles. The van der Waals surface area contributed by atoms with Crippen molar-refractivity contribution in [1.29, 1.82) is 0 Å². The van der Waals surface area contributed by atoms with E-state index in [0.717, 1.165) is 12.3 Å². The van der Waals surface area contributed by atoms with Crippen LogP contribution in [0.5, 0.6) is 6.01 Å². The first-order valence-electron chi connectivity index (χ1n) is 5.70. The molecule has 2 aromatic rings. The second kappa shape index (κ2) is 4.85. The zero-order valence-electron chi connectivity index (χ0n) is 9.53. The summed E-state index contributed by atoms with van der Waals surface area (Å²) < 4.78 is 6.87. The second-order valence-corrected chi connectivity index (χ2v) is 4.45. The minimum atomic E-state index is 0.0805. The smallest absolute Gasteiger partial charge is 0.322 e. The van der Waals surface area contributed by atoms with Crippen LogP contribution in [0.4, 0.5) is 0 Å². The Balaban J connectivity index is 1.72. The van der Waals surface area contributed by atoms with Gasteiger partial charge in [-0.05, 0) is 23.9 Å². The van der Waals surface area contributed by atoms with Gasteiger partial charge in [0.2, 0.25) is 5.28 Å². The van der Waals surface area contributed by atoms with E-state index >= 15 is 0 Å². The highest BCUT2D eigenvalue weighted by molar-refractivity contribution is 6.28. The SMILES string of the molecule is Clc1nc(OCCC2CC2)nc(-n2cncn2)n1. The Labute approximate surface area is 108 Å². The Morgan fingerprint density at radius 1 is 1.33 bits per heavy atom. The molecule has 0 amide bonds. The number of hydrogen-bond donors (Lipinski definition) is 0. The normalized spacial score (nSPS) is 14.7. The molecule has 0 aromatic carbocycles. The molecule has 8 heteroatoms. The second-order valence-electron chi connectivity index (χ2n) is 4.11. The van der Waals surface area contributed by atoms with Crippen LogP contribution in [0, 0.1) is 5.92 Å². The van der Waals surface area contributed by atoms with E-state index < -0.39 is 0 Å². The zero-order valence-corrected chi connectivity index (χ0v) is 10.3. The highest BCUT2D eigenvalue weighted by Crippen LogP contribution is 2.32. The lowest BCUT2D eigenvalue weighted by molar-refractivity contribution is 0.278. The third-order valence-corrected chi connectivity index (χ3v) is 2.82. The minimum Gasteiger partial charge on any atom is -0.463 e. The molecule has 1 aliphatic carbocycles. The van der Waals surface area contributed by atoms with Crippen LogP contribution < -0.4 is 4.74 Å². The molecular weight excluding hydrogens is 256 g/mol. The lowest BCUT2D eigenvalue weighted by atomic mass is 10.3. The van der Waals surface area contributed by atoms with Crippen molar-refractivity contribution < 1.29 is 4.74 Å². The highest BCUT2D eigenvalue weighted by atomic mass is 35.5. The summed E-state index contributed by atoms with van der Waals surface area (Å²) >= 11 is 5.82. The van der Waals surface area contributed by atoms with E-state index in [-0.39, 0.29) is 11.3 Å². The predicted octanol–water partition coefficient (Wildman–Crippen LogP) is 1.28. The molecule has 1 fully saturated rings. The molecule has 1 saturated carbocycles. The van der Waals surface area contributed by atoms with Crippen LogP contribution in [-0.4, -0.2) is 36.3 Å². The molecule has 0 saturated heterocycles. The van der Waals surface area contributed by atoms with Gasteiger partial charge in [0.1, 0.15) is 12.7 Å². The first-order valence-corrected chi connectivity index (χ1v) is 6.08. The van der Waals surface area contributed by atoms with Crippen molar-refractivity contribution in [1.82, 2.24) is 29.7 Å². The van der Waals surface area contributed by atoms with E-state index in [1.807, 2.05) is 0 Å². The van der Waals surface area contributed by atoms with Gasteiger partial charge in [-0.1, -0.05) is 12.8 Å². The molecule has 0 N–H and O–H groups in total. The van der Waals surface area contributed by atoms with Crippen LogP contribution in [0.25, 0.3) is 5.95 Å². The molecule has 2 heterocycles. The first kappa shape index (κ1) is 11.3. The zero-order chi connectivity index (χ0) is 12.4. The minimum absolute atomic E-state index is 0.0805. The molecule has 94 valence electrons. The van der Waals surface area contributed by atoms with Crippen molar-refractivity contribution >= 4 is 11.6 Å². The molecule has 0 atom stereocenters. The van der Waals surface area contributed by atoms with Crippen molar-refractivity contribution in [3.8, 4) is 12.0 Å². The van der Waals surface area contributed by atoms with E-state index in [1.165, 1.54) is 30.2 Å². The molecule has 1 aliphatic rings. The number of nitrogens with zero attached hydrogens (tertiary/aromatic N) is 6. The van der Waals surface area contributed by atoms with Gasteiger partial charge in [-0.2, -0.15) is 24.7 Å². The van der Waals surface area contributed by atoms with Crippen LogP contribution in [0.3, 0.4) is 0 Å². The summed E-state index contributed by atoms with van der Waals surface area (Å²) in [5.74, 6) is 1.10. The van der Waals surface area contributed by atoms with Crippen molar-refractivity contribution in [2.75, 3.05) is 6.61 Å². The third kappa shape index (κ3) is 2.73. The van der Waals surface area contributed by atoms with E-state index in [4.69, 9.17) is 16.3 Å². The molecule has 18 heavy (non-hydrogen) atoms.